The first-order valence-corrected chi connectivity index (χ1v) is 9.53. The number of hydrogen-bond acceptors (Lipinski definition) is 2. The van der Waals surface area contributed by atoms with Crippen molar-refractivity contribution in [3.8, 4) is 22.4 Å². The second-order valence-corrected chi connectivity index (χ2v) is 7.18. The Labute approximate surface area is 164 Å². The van der Waals surface area contributed by atoms with Gasteiger partial charge in [-0.2, -0.15) is 0 Å². The molecule has 0 N–H and O–H groups in total. The Bertz CT molecular complexity index is 1310. The van der Waals surface area contributed by atoms with Gasteiger partial charge in [0.25, 0.3) is 0 Å². The van der Waals surface area contributed by atoms with Gasteiger partial charge in [-0.25, -0.2) is 4.98 Å². The highest BCUT2D eigenvalue weighted by Gasteiger charge is 2.18. The normalized spacial score (nSPS) is 11.2. The van der Waals surface area contributed by atoms with Crippen molar-refractivity contribution in [3.05, 3.63) is 96.2 Å². The summed E-state index contributed by atoms with van der Waals surface area (Å²) in [5.74, 6) is 0. The molecule has 5 aromatic rings. The third-order valence-corrected chi connectivity index (χ3v) is 5.39. The fourth-order valence-electron chi connectivity index (χ4n) is 4.16. The van der Waals surface area contributed by atoms with Crippen LogP contribution in [0.2, 0.25) is 0 Å². The Hall–Kier alpha value is -3.52. The van der Waals surface area contributed by atoms with E-state index in [-0.39, 0.29) is 0 Å². The molecule has 0 aliphatic carbocycles. The molecule has 0 saturated carbocycles. The van der Waals surface area contributed by atoms with Crippen LogP contribution in [0.25, 0.3) is 44.2 Å². The Morgan fingerprint density at radius 2 is 1.36 bits per heavy atom. The molecular weight excluding hydrogens is 340 g/mol. The van der Waals surface area contributed by atoms with E-state index in [2.05, 4.69) is 85.6 Å². The molecule has 0 saturated heterocycles. The highest BCUT2D eigenvalue weighted by atomic mass is 14.8. The molecule has 2 nitrogen and oxygen atoms in total. The molecule has 28 heavy (non-hydrogen) atoms. The second kappa shape index (κ2) is 6.58. The number of aromatic nitrogens is 2. The molecule has 2 heterocycles. The van der Waals surface area contributed by atoms with Crippen LogP contribution in [0.1, 0.15) is 11.1 Å². The third kappa shape index (κ3) is 2.57. The summed E-state index contributed by atoms with van der Waals surface area (Å²) in [5, 5.41) is 2.33. The molecule has 134 valence electrons. The summed E-state index contributed by atoms with van der Waals surface area (Å²) in [5.41, 5.74) is 8.93. The molecule has 0 amide bonds. The maximum Gasteiger partial charge on any atom is 0.0977 e. The van der Waals surface area contributed by atoms with Crippen molar-refractivity contribution in [1.29, 1.82) is 0 Å². The smallest absolute Gasteiger partial charge is 0.0977 e. The lowest BCUT2D eigenvalue weighted by Gasteiger charge is -2.18. The predicted octanol–water partition coefficient (Wildman–Crippen LogP) is 6.73. The summed E-state index contributed by atoms with van der Waals surface area (Å²) in [6, 6.07) is 27.3. The number of pyridine rings is 2. The molecule has 0 radical (unpaired) electrons. The molecule has 0 aliphatic rings. The van der Waals surface area contributed by atoms with Crippen LogP contribution in [0.4, 0.5) is 0 Å². The summed E-state index contributed by atoms with van der Waals surface area (Å²) >= 11 is 0. The molecule has 0 atom stereocenters. The van der Waals surface area contributed by atoms with Crippen LogP contribution in [-0.4, -0.2) is 9.97 Å². The Balaban J connectivity index is 1.99. The van der Waals surface area contributed by atoms with Gasteiger partial charge in [-0.1, -0.05) is 66.7 Å². The fourth-order valence-corrected chi connectivity index (χ4v) is 4.16. The lowest BCUT2D eigenvalue weighted by molar-refractivity contribution is 1.33. The van der Waals surface area contributed by atoms with Crippen molar-refractivity contribution in [1.82, 2.24) is 9.97 Å². The van der Waals surface area contributed by atoms with Crippen LogP contribution < -0.4 is 0 Å². The van der Waals surface area contributed by atoms with Gasteiger partial charge in [-0.15, -0.1) is 0 Å². The van der Waals surface area contributed by atoms with Gasteiger partial charge < -0.3 is 0 Å². The molecular formula is C26H20N2. The van der Waals surface area contributed by atoms with Gasteiger partial charge in [0.05, 0.1) is 16.7 Å². The number of benzene rings is 3. The standard InChI is InChI=1S/C26H20N2/c1-17-16-21-14-9-15-27-25(21)26-22(17)18(2)23(19-10-5-3-6-11-19)24(28-26)20-12-7-4-8-13-20/h3-16H,1-2H3. The van der Waals surface area contributed by atoms with Crippen LogP contribution in [0.5, 0.6) is 0 Å². The minimum atomic E-state index is 0.961. The van der Waals surface area contributed by atoms with Crippen molar-refractivity contribution in [3.63, 3.8) is 0 Å². The van der Waals surface area contributed by atoms with Gasteiger partial charge in [0.15, 0.2) is 0 Å². The predicted molar refractivity (Wildman–Crippen MR) is 117 cm³/mol. The summed E-state index contributed by atoms with van der Waals surface area (Å²) in [6.45, 7) is 4.38. The highest BCUT2D eigenvalue weighted by Crippen LogP contribution is 2.39. The molecule has 0 spiro atoms. The largest absolute Gasteiger partial charge is 0.254 e. The SMILES string of the molecule is Cc1cc2cccnc2c2nc(-c3ccccc3)c(-c3ccccc3)c(C)c12. The average molecular weight is 360 g/mol. The lowest BCUT2D eigenvalue weighted by Crippen LogP contribution is -1.98. The second-order valence-electron chi connectivity index (χ2n) is 7.18. The number of nitrogens with zero attached hydrogens (tertiary/aromatic N) is 2. The quantitative estimate of drug-likeness (QED) is 0.326. The maximum absolute atomic E-state index is 5.21. The van der Waals surface area contributed by atoms with Gasteiger partial charge in [-0.05, 0) is 42.7 Å². The molecule has 0 bridgehead atoms. The van der Waals surface area contributed by atoms with E-state index < -0.39 is 0 Å². The van der Waals surface area contributed by atoms with Crippen LogP contribution >= 0.6 is 0 Å². The summed E-state index contributed by atoms with van der Waals surface area (Å²) in [4.78, 5) is 9.88. The third-order valence-electron chi connectivity index (χ3n) is 5.39. The van der Waals surface area contributed by atoms with E-state index in [9.17, 15) is 0 Å². The minimum Gasteiger partial charge on any atom is -0.254 e. The van der Waals surface area contributed by atoms with Gasteiger partial charge >= 0.3 is 0 Å². The van der Waals surface area contributed by atoms with Crippen LogP contribution in [0.15, 0.2) is 85.1 Å². The Morgan fingerprint density at radius 3 is 2.07 bits per heavy atom. The van der Waals surface area contributed by atoms with Gasteiger partial charge in [-0.3, -0.25) is 4.98 Å². The van der Waals surface area contributed by atoms with Gasteiger partial charge in [0, 0.05) is 28.1 Å². The van der Waals surface area contributed by atoms with Crippen molar-refractivity contribution in [2.75, 3.05) is 0 Å². The molecule has 0 fully saturated rings. The molecule has 2 aromatic heterocycles. The molecule has 3 aromatic carbocycles. The first-order chi connectivity index (χ1) is 13.7. The number of rotatable bonds is 2. The maximum atomic E-state index is 5.21. The number of hydrogen-bond donors (Lipinski definition) is 0. The summed E-state index contributed by atoms with van der Waals surface area (Å²) < 4.78 is 0. The number of fused-ring (bicyclic) bond motifs is 3. The van der Waals surface area contributed by atoms with Crippen molar-refractivity contribution in [2.24, 2.45) is 0 Å². The topological polar surface area (TPSA) is 25.8 Å². The Kier molecular flexibility index (Phi) is 3.91. The molecule has 2 heteroatoms. The molecule has 0 unspecified atom stereocenters. The zero-order valence-corrected chi connectivity index (χ0v) is 16.0. The summed E-state index contributed by atoms with van der Waals surface area (Å²) in [6.07, 6.45) is 1.85. The first-order valence-electron chi connectivity index (χ1n) is 9.53. The zero-order chi connectivity index (χ0) is 19.1. The van der Waals surface area contributed by atoms with E-state index in [0.717, 1.165) is 27.7 Å². The monoisotopic (exact) mass is 360 g/mol. The van der Waals surface area contributed by atoms with Crippen molar-refractivity contribution < 1.29 is 0 Å². The van der Waals surface area contributed by atoms with Crippen molar-refractivity contribution in [2.45, 2.75) is 13.8 Å². The van der Waals surface area contributed by atoms with E-state index in [4.69, 9.17) is 4.98 Å². The van der Waals surface area contributed by atoms with Gasteiger partial charge in [0.2, 0.25) is 0 Å². The van der Waals surface area contributed by atoms with Gasteiger partial charge in [0.1, 0.15) is 0 Å². The average Bonchev–Trinajstić information content (AvgIpc) is 2.74. The lowest BCUT2D eigenvalue weighted by atomic mass is 9.90. The first kappa shape index (κ1) is 16.6. The van der Waals surface area contributed by atoms with E-state index in [1.54, 1.807) is 0 Å². The van der Waals surface area contributed by atoms with E-state index in [1.165, 1.54) is 27.6 Å². The van der Waals surface area contributed by atoms with Crippen LogP contribution in [0.3, 0.4) is 0 Å². The van der Waals surface area contributed by atoms with E-state index in [1.807, 2.05) is 18.3 Å². The van der Waals surface area contributed by atoms with Crippen LogP contribution in [-0.2, 0) is 0 Å². The molecule has 5 rings (SSSR count). The number of aryl methyl sites for hydroxylation is 2. The zero-order valence-electron chi connectivity index (χ0n) is 16.0. The minimum absolute atomic E-state index is 0.961. The van der Waals surface area contributed by atoms with Crippen LogP contribution in [0, 0.1) is 13.8 Å². The van der Waals surface area contributed by atoms with E-state index in [0.29, 0.717) is 0 Å². The highest BCUT2D eigenvalue weighted by molar-refractivity contribution is 6.09. The Morgan fingerprint density at radius 1 is 0.679 bits per heavy atom. The van der Waals surface area contributed by atoms with Crippen molar-refractivity contribution >= 4 is 21.8 Å². The van der Waals surface area contributed by atoms with E-state index >= 15 is 0 Å². The fraction of sp³-hybridized carbons (Fsp3) is 0.0769. The molecule has 0 aliphatic heterocycles. The summed E-state index contributed by atoms with van der Waals surface area (Å²) in [7, 11) is 0.